The first-order chi connectivity index (χ1) is 5.62. The van der Waals surface area contributed by atoms with Crippen molar-refractivity contribution in [2.24, 2.45) is 5.41 Å². The van der Waals surface area contributed by atoms with Gasteiger partial charge in [-0.15, -0.1) is 0 Å². The molecule has 3 aliphatic carbocycles. The Kier molecular flexibility index (Phi) is 1.73. The molecule has 0 aliphatic heterocycles. The van der Waals surface area contributed by atoms with Crippen LogP contribution in [0, 0.1) is 5.41 Å². The molecule has 0 amide bonds. The molecule has 3 rings (SSSR count). The summed E-state index contributed by atoms with van der Waals surface area (Å²) in [4.78, 5) is 6.77. The molecule has 13 heavy (non-hydrogen) atoms. The van der Waals surface area contributed by atoms with Gasteiger partial charge in [-0.05, 0) is 0 Å². The van der Waals surface area contributed by atoms with E-state index in [1.54, 1.807) is 0 Å². The van der Waals surface area contributed by atoms with Gasteiger partial charge >= 0.3 is 80.7 Å². The minimum atomic E-state index is -3.92. The van der Waals surface area contributed by atoms with E-state index in [2.05, 4.69) is 14.8 Å². The molecule has 76 valence electrons. The van der Waals surface area contributed by atoms with Crippen LogP contribution in [0.15, 0.2) is 0 Å². The second-order valence-electron chi connectivity index (χ2n) is 5.84. The molecule has 0 aromatic heterocycles. The van der Waals surface area contributed by atoms with Gasteiger partial charge in [-0.1, -0.05) is 0 Å². The predicted octanol–water partition coefficient (Wildman–Crippen LogP) is 3.81. The molecule has 0 atom stereocenters. The van der Waals surface area contributed by atoms with Crippen molar-refractivity contribution in [1.29, 1.82) is 0 Å². The molecule has 2 bridgehead atoms. The molecule has 0 aromatic carbocycles. The van der Waals surface area contributed by atoms with Crippen LogP contribution in [0.3, 0.4) is 0 Å². The molecule has 3 fully saturated rings. The second-order valence-corrected chi connectivity index (χ2v) is 21.7. The normalized spacial score (nSPS) is 43.8. The fourth-order valence-corrected chi connectivity index (χ4v) is 10.3. The van der Waals surface area contributed by atoms with E-state index < -0.39 is 30.0 Å². The van der Waals surface area contributed by atoms with Crippen molar-refractivity contribution in [3.05, 3.63) is 0 Å². The maximum atomic E-state index is 12.5. The minimum absolute atomic E-state index is 0.212. The van der Waals surface area contributed by atoms with Crippen molar-refractivity contribution in [3.63, 3.8) is 0 Å². The zero-order chi connectivity index (χ0) is 10.1. The monoisotopic (exact) mass is 300 g/mol. The van der Waals surface area contributed by atoms with Crippen LogP contribution in [0.1, 0.15) is 19.3 Å². The van der Waals surface area contributed by atoms with E-state index in [9.17, 15) is 13.2 Å². The second kappa shape index (κ2) is 2.22. The summed E-state index contributed by atoms with van der Waals surface area (Å²) in [5.41, 5.74) is -1.23. The van der Waals surface area contributed by atoms with Gasteiger partial charge in [0.1, 0.15) is 0 Å². The third-order valence-electron chi connectivity index (χ3n) is 4.22. The molecule has 0 nitrogen and oxygen atoms in total. The zero-order valence-electron chi connectivity index (χ0n) is 8.26. The van der Waals surface area contributed by atoms with E-state index in [0.717, 1.165) is 0 Å². The molecular formula is C9H15F3Sn. The average molecular weight is 299 g/mol. The Bertz CT molecular complexity index is 205. The summed E-state index contributed by atoms with van der Waals surface area (Å²) in [7, 11) is 0. The van der Waals surface area contributed by atoms with Gasteiger partial charge in [0.2, 0.25) is 0 Å². The van der Waals surface area contributed by atoms with Crippen LogP contribution in [0.4, 0.5) is 13.2 Å². The first-order valence-electron chi connectivity index (χ1n) is 4.69. The number of alkyl halides is 3. The molecule has 4 heteroatoms. The molecule has 0 spiro atoms. The van der Waals surface area contributed by atoms with Gasteiger partial charge < -0.3 is 0 Å². The van der Waals surface area contributed by atoms with Gasteiger partial charge in [0.05, 0.1) is 0 Å². The van der Waals surface area contributed by atoms with Crippen LogP contribution < -0.4 is 0 Å². The Morgan fingerprint density at radius 3 is 1.62 bits per heavy atom. The Morgan fingerprint density at radius 2 is 1.38 bits per heavy atom. The van der Waals surface area contributed by atoms with Crippen LogP contribution in [-0.4, -0.2) is 24.6 Å². The molecule has 3 saturated carbocycles. The topological polar surface area (TPSA) is 0 Å². The number of rotatable bonds is 1. The van der Waals surface area contributed by atoms with Crippen LogP contribution in [0.25, 0.3) is 0 Å². The van der Waals surface area contributed by atoms with Gasteiger partial charge in [-0.2, -0.15) is 0 Å². The van der Waals surface area contributed by atoms with Crippen molar-refractivity contribution < 1.29 is 13.2 Å². The van der Waals surface area contributed by atoms with Gasteiger partial charge in [-0.25, -0.2) is 0 Å². The molecule has 0 N–H and O–H groups in total. The van der Waals surface area contributed by atoms with Gasteiger partial charge in [0.15, 0.2) is 0 Å². The Balaban J connectivity index is 2.09. The Labute approximate surface area is 80.8 Å². The SMILES string of the molecule is [CH3][Sn]([CH3])([CH3])[C]12CC(C(F)(F)F)(C1)C2. The van der Waals surface area contributed by atoms with E-state index in [1.807, 2.05) is 0 Å². The quantitative estimate of drug-likeness (QED) is 0.646. The van der Waals surface area contributed by atoms with E-state index in [4.69, 9.17) is 0 Å². The van der Waals surface area contributed by atoms with Crippen molar-refractivity contribution in [3.8, 4) is 0 Å². The summed E-state index contributed by atoms with van der Waals surface area (Å²) in [6.45, 7) is 0. The molecule has 0 aromatic rings. The zero-order valence-corrected chi connectivity index (χ0v) is 11.1. The van der Waals surface area contributed by atoms with Crippen LogP contribution in [0.5, 0.6) is 0 Å². The maximum absolute atomic E-state index is 12.5. The fourth-order valence-electron chi connectivity index (χ4n) is 2.88. The average Bonchev–Trinajstić information content (AvgIpc) is 1.41. The van der Waals surface area contributed by atoms with Crippen LogP contribution in [-0.2, 0) is 0 Å². The first kappa shape index (κ1) is 10.1. The molecule has 0 heterocycles. The molecule has 0 saturated heterocycles. The first-order valence-corrected chi connectivity index (χ1v) is 14.7. The van der Waals surface area contributed by atoms with E-state index >= 15 is 0 Å². The summed E-state index contributed by atoms with van der Waals surface area (Å²) in [5.74, 6) is 0. The van der Waals surface area contributed by atoms with E-state index in [0.29, 0.717) is 19.3 Å². The van der Waals surface area contributed by atoms with E-state index in [1.165, 1.54) is 0 Å². The predicted molar refractivity (Wildman–Crippen MR) is 48.4 cm³/mol. The summed E-state index contributed by atoms with van der Waals surface area (Å²) in [5, 5.41) is 0. The van der Waals surface area contributed by atoms with Crippen LogP contribution in [0.2, 0.25) is 18.2 Å². The summed E-state index contributed by atoms with van der Waals surface area (Å²) >= 11 is -2.07. The van der Waals surface area contributed by atoms with Gasteiger partial charge in [0.25, 0.3) is 0 Å². The van der Waals surface area contributed by atoms with Crippen molar-refractivity contribution >= 4 is 18.4 Å². The third-order valence-corrected chi connectivity index (χ3v) is 14.8. The number of halogens is 3. The number of hydrogen-bond acceptors (Lipinski definition) is 0. The number of hydrogen-bond donors (Lipinski definition) is 0. The third kappa shape index (κ3) is 1.05. The molecule has 0 unspecified atom stereocenters. The standard InChI is InChI=1S/C6H6F3.3CH3.Sn/c7-6(8,9)5-1-4(2-5)3-5;;;;/h1-3H2;3*1H3;. The Hall–Kier alpha value is 0.589. The van der Waals surface area contributed by atoms with Crippen molar-refractivity contribution in [2.75, 3.05) is 0 Å². The van der Waals surface area contributed by atoms with Crippen LogP contribution >= 0.6 is 0 Å². The van der Waals surface area contributed by atoms with E-state index in [-0.39, 0.29) is 3.43 Å². The molecule has 3 aliphatic rings. The Morgan fingerprint density at radius 1 is 1.00 bits per heavy atom. The van der Waals surface area contributed by atoms with Crippen molar-refractivity contribution in [2.45, 2.75) is 43.7 Å². The van der Waals surface area contributed by atoms with Gasteiger partial charge in [-0.3, -0.25) is 0 Å². The molecule has 0 radical (unpaired) electrons. The summed E-state index contributed by atoms with van der Waals surface area (Å²) in [6, 6.07) is 0. The van der Waals surface area contributed by atoms with Crippen molar-refractivity contribution in [1.82, 2.24) is 0 Å². The summed E-state index contributed by atoms with van der Waals surface area (Å²) < 4.78 is 37.7. The molecular weight excluding hydrogens is 284 g/mol. The van der Waals surface area contributed by atoms with Gasteiger partial charge in [0, 0.05) is 0 Å². The fraction of sp³-hybridized carbons (Fsp3) is 1.00. The summed E-state index contributed by atoms with van der Waals surface area (Å²) in [6.07, 6.45) is -2.54.